The fourth-order valence-electron chi connectivity index (χ4n) is 15.1. The number of rotatable bonds is 25. The molecule has 0 saturated heterocycles. The van der Waals surface area contributed by atoms with Crippen molar-refractivity contribution in [2.75, 3.05) is 66.8 Å². The highest BCUT2D eigenvalue weighted by Crippen LogP contribution is 2.67. The fourth-order valence-corrected chi connectivity index (χ4v) is 15.1. The summed E-state index contributed by atoms with van der Waals surface area (Å²) in [5.74, 6) is -0.615. The molecule has 7 rings (SSSR count). The zero-order valence-corrected chi connectivity index (χ0v) is 47.8. The minimum atomic E-state index is -1.30. The average molecular weight is 1080 g/mol. The molecule has 1 heterocycles. The number of aryl methyl sites for hydroxylation is 1. The molecular weight excluding hydrogens is 979 g/mol. The van der Waals surface area contributed by atoms with Crippen molar-refractivity contribution < 1.29 is 44.9 Å². The number of hydrogen-bond acceptors (Lipinski definition) is 12. The third-order valence-corrected chi connectivity index (χ3v) is 19.1. The number of allylic oxidation sites excluding steroid dienone is 9. The molecule has 14 atom stereocenters. The lowest BCUT2D eigenvalue weighted by atomic mass is 9.45. The topological polar surface area (TPSA) is 193 Å². The molecule has 3 fully saturated rings. The largest absolute Gasteiger partial charge is 0.396 e. The summed E-state index contributed by atoms with van der Waals surface area (Å²) < 4.78 is 12.0. The van der Waals surface area contributed by atoms with Crippen LogP contribution in [0.1, 0.15) is 120 Å². The number of methoxy groups -OCH3 is 1. The van der Waals surface area contributed by atoms with E-state index in [-0.39, 0.29) is 54.9 Å². The number of aliphatic hydroxyl groups excluding tert-OH is 5. The Balaban J connectivity index is 1.26. The summed E-state index contributed by atoms with van der Waals surface area (Å²) in [7, 11) is 3.67. The van der Waals surface area contributed by atoms with E-state index in [4.69, 9.17) is 16.1 Å². The van der Waals surface area contributed by atoms with E-state index in [1.807, 2.05) is 33.0 Å². The van der Waals surface area contributed by atoms with Crippen LogP contribution in [0, 0.1) is 40.9 Å². The first-order valence-electron chi connectivity index (χ1n) is 29.5. The predicted octanol–water partition coefficient (Wildman–Crippen LogP) is 8.03. The molecule has 14 unspecified atom stereocenters. The second-order valence-corrected chi connectivity index (χ2v) is 24.2. The number of hydrogen-bond donors (Lipinski definition) is 9. The number of carbonyl (C=O) groups is 1. The van der Waals surface area contributed by atoms with Gasteiger partial charge in [-0.25, -0.2) is 0 Å². The number of ether oxygens (including phenoxy) is 2. The van der Waals surface area contributed by atoms with Crippen LogP contribution in [-0.4, -0.2) is 139 Å². The van der Waals surface area contributed by atoms with Gasteiger partial charge in [-0.2, -0.15) is 0 Å². The van der Waals surface area contributed by atoms with E-state index < -0.39 is 41.9 Å². The molecule has 1 spiro atoms. The Bertz CT molecular complexity index is 2400. The average Bonchev–Trinajstić information content (AvgIpc) is 3.96. The third-order valence-electron chi connectivity index (χ3n) is 19.1. The summed E-state index contributed by atoms with van der Waals surface area (Å²) in [6.45, 7) is 12.8. The van der Waals surface area contributed by atoms with E-state index in [2.05, 4.69) is 102 Å². The van der Waals surface area contributed by atoms with Crippen molar-refractivity contribution in [2.24, 2.45) is 40.9 Å². The zero-order chi connectivity index (χ0) is 55.9. The van der Waals surface area contributed by atoms with E-state index in [0.29, 0.717) is 69.3 Å². The molecule has 9 N–H and O–H groups in total. The fraction of sp³-hybridized carbons (Fsp3) is 0.621. The summed E-state index contributed by atoms with van der Waals surface area (Å²) in [6, 6.07) is 20.4. The van der Waals surface area contributed by atoms with Gasteiger partial charge in [-0.05, 0) is 175 Å². The van der Waals surface area contributed by atoms with Gasteiger partial charge in [0.15, 0.2) is 0 Å². The van der Waals surface area contributed by atoms with Crippen molar-refractivity contribution >= 4 is 6.29 Å². The highest BCUT2D eigenvalue weighted by molar-refractivity contribution is 5.74. The van der Waals surface area contributed by atoms with Crippen LogP contribution in [0.15, 0.2) is 125 Å². The van der Waals surface area contributed by atoms with Crippen LogP contribution in [-0.2, 0) is 27.1 Å². The van der Waals surface area contributed by atoms with Crippen LogP contribution < -0.4 is 16.0 Å². The van der Waals surface area contributed by atoms with Crippen LogP contribution in [0.25, 0.3) is 0 Å². The third kappa shape index (κ3) is 14.6. The number of aldehydes is 1. The highest BCUT2D eigenvalue weighted by atomic mass is 16.5. The van der Waals surface area contributed by atoms with Crippen molar-refractivity contribution in [1.82, 2.24) is 16.0 Å². The Morgan fingerprint density at radius 3 is 2.56 bits per heavy atom. The summed E-state index contributed by atoms with van der Waals surface area (Å²) in [5.41, 5.74) is 5.98. The molecule has 2 aromatic rings. The molecule has 1 aliphatic heterocycles. The molecule has 12 nitrogen and oxygen atoms in total. The van der Waals surface area contributed by atoms with Crippen LogP contribution >= 0.6 is 0 Å². The van der Waals surface area contributed by atoms with E-state index >= 15 is 0 Å². The van der Waals surface area contributed by atoms with Crippen LogP contribution in [0.5, 0.6) is 0 Å². The monoisotopic (exact) mass is 1080 g/mol. The van der Waals surface area contributed by atoms with Gasteiger partial charge in [-0.1, -0.05) is 121 Å². The second kappa shape index (κ2) is 29.2. The molecule has 4 aliphatic carbocycles. The lowest BCUT2D eigenvalue weighted by Gasteiger charge is -2.61. The van der Waals surface area contributed by atoms with Crippen molar-refractivity contribution in [3.63, 3.8) is 0 Å². The van der Waals surface area contributed by atoms with Crippen molar-refractivity contribution in [3.05, 3.63) is 142 Å². The van der Waals surface area contributed by atoms with Gasteiger partial charge < -0.3 is 56.1 Å². The number of carbonyl (C=O) groups excluding carboxylic acids is 1. The van der Waals surface area contributed by atoms with Gasteiger partial charge in [0.2, 0.25) is 0 Å². The van der Waals surface area contributed by atoms with E-state index in [1.54, 1.807) is 7.11 Å². The molecule has 78 heavy (non-hydrogen) atoms. The standard InChI is InChI=1S/C66H97N3O9/c1-45-21-25-58(59(26-22-49-14-8-7-9-15-49)52-17-11-16-50(35-52)37-64(69-39-45,31-34-77-6)55-19-12-20-56(36-55)68-40-48(4)73)46(2)13-10-18-54(43-78-44-57(74)42-72)60-27-29-66(63(60)75)62-51(28-33-70)23-24-53(61(62)47(3)41-71)38-65(66,76)30-32-67-5/h7-11,13-18,21,23-24,35,41,48,51,53,55-60,62-63,67-70,72-76H,2,12,19-20,22,25-34,36-40,42-44H2,1,3-6H3. The smallest absolute Gasteiger partial charge is 0.145 e. The van der Waals surface area contributed by atoms with Gasteiger partial charge >= 0.3 is 0 Å². The molecule has 0 aromatic heterocycles. The maximum absolute atomic E-state index is 13.2. The molecule has 5 aliphatic rings. The minimum absolute atomic E-state index is 0.0338. The van der Waals surface area contributed by atoms with Gasteiger partial charge in [0, 0.05) is 62.2 Å². The normalized spacial score (nSPS) is 33.0. The Morgan fingerprint density at radius 1 is 1.03 bits per heavy atom. The molecule has 0 amide bonds. The maximum Gasteiger partial charge on any atom is 0.145 e. The highest BCUT2D eigenvalue weighted by Gasteiger charge is 2.68. The second-order valence-electron chi connectivity index (χ2n) is 24.2. The van der Waals surface area contributed by atoms with Gasteiger partial charge in [0.05, 0.1) is 37.6 Å². The SMILES string of the molecule is C=C(C=CC=C(COCC(O)CO)C1CCC2(C1O)C1C(=C(C)C=O)C(C=CC1CCO)CC2(O)CCNC)C1CC=C(C)CNC(CCOC)(C2CCCC(NCC(C)O)C2)Cc2cccc(c2)C1CCc1ccccc1. The lowest BCUT2D eigenvalue weighted by molar-refractivity contribution is -0.194. The van der Waals surface area contributed by atoms with Gasteiger partial charge in [0.1, 0.15) is 12.4 Å². The van der Waals surface area contributed by atoms with Gasteiger partial charge in [0.25, 0.3) is 0 Å². The number of nitrogens with one attached hydrogen (secondary N) is 3. The Labute approximate surface area is 467 Å². The molecule has 0 radical (unpaired) electrons. The van der Waals surface area contributed by atoms with E-state index in [9.17, 15) is 35.4 Å². The first-order chi connectivity index (χ1) is 37.7. The summed E-state index contributed by atoms with van der Waals surface area (Å²) in [5, 5.41) is 78.2. The van der Waals surface area contributed by atoms with Crippen LogP contribution in [0.3, 0.4) is 0 Å². The maximum atomic E-state index is 13.2. The quantitative estimate of drug-likeness (QED) is 0.0202. The number of aliphatic hydroxyl groups is 6. The molecule has 12 heteroatoms. The van der Waals surface area contributed by atoms with Crippen LogP contribution in [0.4, 0.5) is 0 Å². The molecule has 4 bridgehead atoms. The van der Waals surface area contributed by atoms with Crippen LogP contribution in [0.2, 0.25) is 0 Å². The van der Waals surface area contributed by atoms with Gasteiger partial charge in [-0.3, -0.25) is 4.79 Å². The number of fused-ring (bicyclic) bond motifs is 5. The minimum Gasteiger partial charge on any atom is -0.396 e. The Morgan fingerprint density at radius 2 is 1.83 bits per heavy atom. The summed E-state index contributed by atoms with van der Waals surface area (Å²) in [6.07, 6.45) is 22.2. The molecule has 2 aromatic carbocycles. The first-order valence-corrected chi connectivity index (χ1v) is 29.5. The van der Waals surface area contributed by atoms with Gasteiger partial charge in [-0.15, -0.1) is 0 Å². The number of benzene rings is 2. The van der Waals surface area contributed by atoms with E-state index in [1.165, 1.54) is 22.3 Å². The Kier molecular flexibility index (Phi) is 23.1. The predicted molar refractivity (Wildman–Crippen MR) is 312 cm³/mol. The summed E-state index contributed by atoms with van der Waals surface area (Å²) in [4.78, 5) is 12.6. The van der Waals surface area contributed by atoms with Crippen molar-refractivity contribution in [3.8, 4) is 0 Å². The summed E-state index contributed by atoms with van der Waals surface area (Å²) >= 11 is 0. The lowest BCUT2D eigenvalue weighted by Crippen LogP contribution is -2.65. The zero-order valence-electron chi connectivity index (χ0n) is 47.8. The first kappa shape index (κ1) is 61.7. The molecular formula is C66H97N3O9. The van der Waals surface area contributed by atoms with Crippen molar-refractivity contribution in [2.45, 2.75) is 152 Å². The molecule has 3 saturated carbocycles. The molecule has 430 valence electrons. The Hall–Kier alpha value is -3.89. The van der Waals surface area contributed by atoms with Crippen molar-refractivity contribution in [1.29, 1.82) is 0 Å². The van der Waals surface area contributed by atoms with E-state index in [0.717, 1.165) is 87.3 Å².